The monoisotopic (exact) mass is 617 g/mol. The fraction of sp³-hybridized carbons (Fsp3) is 0.455. The predicted octanol–water partition coefficient (Wildman–Crippen LogP) is 2.94. The normalized spacial score (nSPS) is 18.4. The Balaban J connectivity index is 1.23. The summed E-state index contributed by atoms with van der Waals surface area (Å²) in [7, 11) is 0. The van der Waals surface area contributed by atoms with Crippen LogP contribution in [0.5, 0.6) is 0 Å². The number of nitrogens with zero attached hydrogens (tertiary/aromatic N) is 3. The molecule has 2 N–H and O–H groups in total. The molecule has 3 aromatic rings. The number of hydrogen-bond acceptors (Lipinski definition) is 7. The van der Waals surface area contributed by atoms with Crippen molar-refractivity contribution in [3.8, 4) is 0 Å². The van der Waals surface area contributed by atoms with Crippen LogP contribution in [0, 0.1) is 0 Å². The quantitative estimate of drug-likeness (QED) is 0.251. The number of nitrogens with one attached hydrogen (secondary N) is 2. The second kappa shape index (κ2) is 13.5. The summed E-state index contributed by atoms with van der Waals surface area (Å²) < 4.78 is 5.44. The maximum atomic E-state index is 14.3. The average Bonchev–Trinajstić information content (AvgIpc) is 3.58. The summed E-state index contributed by atoms with van der Waals surface area (Å²) in [4.78, 5) is 63.1. The van der Waals surface area contributed by atoms with Crippen molar-refractivity contribution in [2.75, 3.05) is 64.0 Å². The van der Waals surface area contributed by atoms with E-state index in [9.17, 15) is 19.2 Å². The minimum atomic E-state index is -1.06. The zero-order valence-corrected chi connectivity index (χ0v) is 25.7. The minimum Gasteiger partial charge on any atom is -0.379 e. The molecule has 0 spiro atoms. The van der Waals surface area contributed by atoms with E-state index in [0.29, 0.717) is 36.9 Å². The number of para-hydroxylation sites is 1. The van der Waals surface area contributed by atoms with Crippen molar-refractivity contribution < 1.29 is 23.9 Å². The smallest absolute Gasteiger partial charge is 0.262 e. The second-order valence-electron chi connectivity index (χ2n) is 11.6. The molecule has 2 fully saturated rings. The van der Waals surface area contributed by atoms with Gasteiger partial charge in [-0.2, -0.15) is 11.8 Å². The summed E-state index contributed by atoms with van der Waals surface area (Å²) in [5, 5.41) is 4.23. The Kier molecular flexibility index (Phi) is 9.34. The largest absolute Gasteiger partial charge is 0.379 e. The van der Waals surface area contributed by atoms with E-state index in [1.165, 1.54) is 0 Å². The predicted molar refractivity (Wildman–Crippen MR) is 170 cm³/mol. The molecule has 10 nitrogen and oxygen atoms in total. The first-order valence-electron chi connectivity index (χ1n) is 15.4. The van der Waals surface area contributed by atoms with Gasteiger partial charge in [0.2, 0.25) is 11.8 Å². The Labute approximate surface area is 261 Å². The summed E-state index contributed by atoms with van der Waals surface area (Å²) in [6.45, 7) is 4.51. The molecule has 3 aliphatic rings. The number of thioether (sulfide) groups is 1. The van der Waals surface area contributed by atoms with Crippen LogP contribution in [0.1, 0.15) is 45.5 Å². The van der Waals surface area contributed by atoms with E-state index < -0.39 is 29.8 Å². The number of carbonyl (C=O) groups is 4. The third-order valence-corrected chi connectivity index (χ3v) is 10.0. The van der Waals surface area contributed by atoms with Crippen molar-refractivity contribution in [3.05, 3.63) is 71.4 Å². The number of morpholine rings is 1. The molecule has 2 saturated heterocycles. The first-order chi connectivity index (χ1) is 21.5. The van der Waals surface area contributed by atoms with Gasteiger partial charge in [0.05, 0.1) is 24.3 Å². The molecule has 0 atom stereocenters. The molecule has 6 rings (SSSR count). The summed E-state index contributed by atoms with van der Waals surface area (Å²) in [6.07, 6.45) is 4.29. The fourth-order valence-corrected chi connectivity index (χ4v) is 7.74. The third-order valence-electron chi connectivity index (χ3n) is 9.05. The summed E-state index contributed by atoms with van der Waals surface area (Å²) in [5.41, 5.74) is 1.60. The van der Waals surface area contributed by atoms with E-state index in [4.69, 9.17) is 4.74 Å². The highest BCUT2D eigenvalue weighted by Gasteiger charge is 2.48. The Morgan fingerprint density at radius 2 is 1.66 bits per heavy atom. The van der Waals surface area contributed by atoms with E-state index in [-0.39, 0.29) is 12.5 Å². The Bertz CT molecular complexity index is 1490. The van der Waals surface area contributed by atoms with Gasteiger partial charge in [0, 0.05) is 43.3 Å². The van der Waals surface area contributed by atoms with Crippen molar-refractivity contribution in [2.45, 2.75) is 31.2 Å². The summed E-state index contributed by atoms with van der Waals surface area (Å²) >= 11 is 1.77. The molecule has 11 heteroatoms. The number of imide groups is 1. The number of hydrogen-bond donors (Lipinski definition) is 2. The van der Waals surface area contributed by atoms with Gasteiger partial charge in [0.25, 0.3) is 11.8 Å². The Hall–Kier alpha value is -3.67. The molecular formula is C33H39N5O5S. The zero-order valence-electron chi connectivity index (χ0n) is 24.9. The van der Waals surface area contributed by atoms with Gasteiger partial charge < -0.3 is 19.9 Å². The topological polar surface area (TPSA) is 115 Å². The van der Waals surface area contributed by atoms with Crippen molar-refractivity contribution >= 4 is 46.3 Å². The van der Waals surface area contributed by atoms with E-state index >= 15 is 0 Å². The molecule has 4 amide bonds. The van der Waals surface area contributed by atoms with Gasteiger partial charge in [-0.1, -0.05) is 30.3 Å². The first kappa shape index (κ1) is 30.4. The minimum absolute atomic E-state index is 0.158. The number of ether oxygens (including phenoxy) is 1. The van der Waals surface area contributed by atoms with Crippen molar-refractivity contribution in [3.63, 3.8) is 0 Å². The van der Waals surface area contributed by atoms with Crippen LogP contribution in [0.15, 0.2) is 54.7 Å². The molecule has 1 aromatic heterocycles. The van der Waals surface area contributed by atoms with Gasteiger partial charge in [-0.3, -0.25) is 29.0 Å². The number of H-pyrrole nitrogens is 1. The van der Waals surface area contributed by atoms with E-state index in [1.54, 1.807) is 40.9 Å². The van der Waals surface area contributed by atoms with E-state index in [0.717, 1.165) is 72.1 Å². The Morgan fingerprint density at radius 3 is 2.39 bits per heavy atom. The molecule has 0 unspecified atom stereocenters. The van der Waals surface area contributed by atoms with Gasteiger partial charge in [0.1, 0.15) is 12.1 Å². The van der Waals surface area contributed by atoms with Gasteiger partial charge in [-0.05, 0) is 67.5 Å². The van der Waals surface area contributed by atoms with Gasteiger partial charge in [-0.25, -0.2) is 0 Å². The average molecular weight is 618 g/mol. The van der Waals surface area contributed by atoms with Crippen LogP contribution in [0.2, 0.25) is 0 Å². The van der Waals surface area contributed by atoms with Gasteiger partial charge in [-0.15, -0.1) is 0 Å². The number of aromatic nitrogens is 1. The maximum Gasteiger partial charge on any atom is 0.262 e. The van der Waals surface area contributed by atoms with Crippen LogP contribution in [-0.2, 0) is 20.7 Å². The number of rotatable bonds is 11. The van der Waals surface area contributed by atoms with Crippen LogP contribution >= 0.6 is 11.8 Å². The molecule has 0 bridgehead atoms. The molecule has 44 heavy (non-hydrogen) atoms. The van der Waals surface area contributed by atoms with Crippen LogP contribution < -0.4 is 5.32 Å². The molecule has 232 valence electrons. The summed E-state index contributed by atoms with van der Waals surface area (Å²) in [6, 6.07) is 14.6. The van der Waals surface area contributed by atoms with Crippen molar-refractivity contribution in [1.29, 1.82) is 0 Å². The highest BCUT2D eigenvalue weighted by atomic mass is 32.2. The fourth-order valence-electron chi connectivity index (χ4n) is 6.57. The third kappa shape index (κ3) is 6.13. The van der Waals surface area contributed by atoms with Crippen molar-refractivity contribution in [2.24, 2.45) is 0 Å². The standard InChI is InChI=1S/C33H39N5O5S/c39-29(23-37-30(40)26-7-1-2-8-27(26)31(37)41)38(15-10-24-22-35-28-9-4-3-6-25(24)28)33(11-20-44-21-12-33)32(42)34-13-5-14-36-16-18-43-19-17-36/h1-4,6-9,22,35H,5,10-21,23H2,(H,34,42). The Morgan fingerprint density at radius 1 is 0.977 bits per heavy atom. The molecule has 0 aliphatic carbocycles. The number of benzene rings is 2. The van der Waals surface area contributed by atoms with E-state index in [2.05, 4.69) is 15.2 Å². The van der Waals surface area contributed by atoms with E-state index in [1.807, 2.05) is 30.5 Å². The number of fused-ring (bicyclic) bond motifs is 2. The maximum absolute atomic E-state index is 14.3. The first-order valence-corrected chi connectivity index (χ1v) is 16.6. The van der Waals surface area contributed by atoms with Gasteiger partial charge in [0.15, 0.2) is 0 Å². The lowest BCUT2D eigenvalue weighted by atomic mass is 9.87. The van der Waals surface area contributed by atoms with Gasteiger partial charge >= 0.3 is 0 Å². The lowest BCUT2D eigenvalue weighted by Gasteiger charge is -2.45. The molecule has 0 radical (unpaired) electrons. The lowest BCUT2D eigenvalue weighted by molar-refractivity contribution is -0.149. The number of aromatic amines is 1. The SMILES string of the molecule is O=C1c2ccccc2C(=O)N1CC(=O)N(CCc1c[nH]c2ccccc12)C1(C(=O)NCCCN2CCOCC2)CCSCC1. The molecule has 0 saturated carbocycles. The van der Waals surface area contributed by atoms with Crippen LogP contribution in [-0.4, -0.2) is 113 Å². The summed E-state index contributed by atoms with van der Waals surface area (Å²) in [5.74, 6) is -0.0206. The second-order valence-corrected chi connectivity index (χ2v) is 12.8. The molecule has 2 aromatic carbocycles. The number of amides is 4. The van der Waals surface area contributed by atoms with Crippen LogP contribution in [0.25, 0.3) is 10.9 Å². The molecular weight excluding hydrogens is 578 g/mol. The highest BCUT2D eigenvalue weighted by molar-refractivity contribution is 7.99. The van der Waals surface area contributed by atoms with Crippen LogP contribution in [0.4, 0.5) is 0 Å². The van der Waals surface area contributed by atoms with Crippen LogP contribution in [0.3, 0.4) is 0 Å². The van der Waals surface area contributed by atoms with Crippen molar-refractivity contribution in [1.82, 2.24) is 25.0 Å². The lowest BCUT2D eigenvalue weighted by Crippen LogP contribution is -2.64. The molecule has 3 aliphatic heterocycles. The zero-order chi connectivity index (χ0) is 30.5. The molecule has 4 heterocycles. The number of carbonyl (C=O) groups excluding carboxylic acids is 4. The highest BCUT2D eigenvalue weighted by Crippen LogP contribution is 2.34.